The summed E-state index contributed by atoms with van der Waals surface area (Å²) in [6, 6.07) is 0. The van der Waals surface area contributed by atoms with E-state index in [9.17, 15) is 0 Å². The van der Waals surface area contributed by atoms with Crippen molar-refractivity contribution in [1.82, 2.24) is 0 Å². The van der Waals surface area contributed by atoms with Crippen LogP contribution >= 0.6 is 15.9 Å². The molecule has 1 aliphatic rings. The van der Waals surface area contributed by atoms with Crippen LogP contribution in [0.25, 0.3) is 0 Å². The summed E-state index contributed by atoms with van der Waals surface area (Å²) in [6.07, 6.45) is 9.69. The van der Waals surface area contributed by atoms with Gasteiger partial charge in [-0.3, -0.25) is 0 Å². The molecule has 2 heteroatoms. The van der Waals surface area contributed by atoms with Gasteiger partial charge >= 0.3 is 0 Å². The molecule has 0 bridgehead atoms. The summed E-state index contributed by atoms with van der Waals surface area (Å²) in [6.45, 7) is 10.4. The van der Waals surface area contributed by atoms with Crippen molar-refractivity contribution in [2.24, 2.45) is 5.92 Å². The van der Waals surface area contributed by atoms with Crippen molar-refractivity contribution in [3.63, 3.8) is 0 Å². The minimum Gasteiger partial charge on any atom is -0.370 e. The summed E-state index contributed by atoms with van der Waals surface area (Å²) in [4.78, 5) is 0.401. The molecule has 1 saturated heterocycles. The number of ether oxygens (including phenoxy) is 1. The van der Waals surface area contributed by atoms with E-state index in [4.69, 9.17) is 4.74 Å². The first kappa shape index (κ1) is 14.0. The van der Waals surface area contributed by atoms with Crippen molar-refractivity contribution in [3.05, 3.63) is 24.8 Å². The highest BCUT2D eigenvalue weighted by molar-refractivity contribution is 9.09. The Bertz CT molecular complexity index is 259. The van der Waals surface area contributed by atoms with Crippen LogP contribution in [0.5, 0.6) is 0 Å². The quantitative estimate of drug-likeness (QED) is 0.547. The fourth-order valence-corrected chi connectivity index (χ4v) is 2.44. The zero-order valence-corrected chi connectivity index (χ0v) is 12.2. The third-order valence-corrected chi connectivity index (χ3v) is 4.60. The highest BCUT2D eigenvalue weighted by Gasteiger charge is 2.39. The van der Waals surface area contributed by atoms with Gasteiger partial charge in [-0.1, -0.05) is 47.7 Å². The molecule has 0 aromatic heterocycles. The summed E-state index contributed by atoms with van der Waals surface area (Å²) in [5.74, 6) is 0.647. The van der Waals surface area contributed by atoms with Gasteiger partial charge in [0.05, 0.1) is 11.7 Å². The normalized spacial score (nSPS) is 37.5. The number of hydrogen-bond acceptors (Lipinski definition) is 1. The molecule has 0 N–H and O–H groups in total. The Kier molecular flexibility index (Phi) is 5.26. The van der Waals surface area contributed by atoms with Crippen molar-refractivity contribution >= 4 is 15.9 Å². The smallest absolute Gasteiger partial charge is 0.0780 e. The van der Waals surface area contributed by atoms with Crippen LogP contribution in [-0.2, 0) is 4.74 Å². The Hall–Kier alpha value is -0.0800. The van der Waals surface area contributed by atoms with Crippen LogP contribution in [0.2, 0.25) is 0 Å². The summed E-state index contributed by atoms with van der Waals surface area (Å²) >= 11 is 3.66. The van der Waals surface area contributed by atoms with E-state index >= 15 is 0 Å². The van der Waals surface area contributed by atoms with Gasteiger partial charge in [-0.05, 0) is 39.0 Å². The molecule has 0 saturated carbocycles. The van der Waals surface area contributed by atoms with E-state index in [1.54, 1.807) is 0 Å². The Morgan fingerprint density at radius 1 is 1.62 bits per heavy atom. The SMILES string of the molecule is C=C/C=C/CC1OC(C)(C(C)Br)CCC1C. The van der Waals surface area contributed by atoms with Gasteiger partial charge < -0.3 is 4.74 Å². The number of allylic oxidation sites excluding steroid dienone is 2. The Labute approximate surface area is 108 Å². The Balaban J connectivity index is 2.61. The van der Waals surface area contributed by atoms with Gasteiger partial charge in [0.2, 0.25) is 0 Å². The summed E-state index contributed by atoms with van der Waals surface area (Å²) in [5, 5.41) is 0. The van der Waals surface area contributed by atoms with E-state index in [1.807, 2.05) is 12.2 Å². The molecular formula is C14H23BrO. The van der Waals surface area contributed by atoms with Crippen LogP contribution in [0.4, 0.5) is 0 Å². The lowest BCUT2D eigenvalue weighted by atomic mass is 9.84. The maximum Gasteiger partial charge on any atom is 0.0780 e. The summed E-state index contributed by atoms with van der Waals surface area (Å²) in [7, 11) is 0. The lowest BCUT2D eigenvalue weighted by Gasteiger charge is -2.43. The molecule has 1 fully saturated rings. The standard InChI is InChI=1S/C14H23BrO/c1-5-6-7-8-13-11(2)9-10-14(4,16-13)12(3)15/h5-7,11-13H,1,8-10H2,2-4H3/b7-6+. The van der Waals surface area contributed by atoms with Crippen molar-refractivity contribution in [1.29, 1.82) is 0 Å². The highest BCUT2D eigenvalue weighted by atomic mass is 79.9. The highest BCUT2D eigenvalue weighted by Crippen LogP contribution is 2.38. The summed E-state index contributed by atoms with van der Waals surface area (Å²) < 4.78 is 6.26. The van der Waals surface area contributed by atoms with Crippen molar-refractivity contribution in [2.75, 3.05) is 0 Å². The van der Waals surface area contributed by atoms with Gasteiger partial charge in [-0.25, -0.2) is 0 Å². The average molecular weight is 287 g/mol. The van der Waals surface area contributed by atoms with Gasteiger partial charge in [0.15, 0.2) is 0 Å². The molecule has 1 rings (SSSR count). The number of alkyl halides is 1. The number of hydrogen-bond donors (Lipinski definition) is 0. The zero-order chi connectivity index (χ0) is 12.2. The first-order chi connectivity index (χ1) is 7.49. The monoisotopic (exact) mass is 286 g/mol. The zero-order valence-electron chi connectivity index (χ0n) is 10.6. The molecule has 92 valence electrons. The molecule has 0 amide bonds. The minimum absolute atomic E-state index is 0.0147. The first-order valence-electron chi connectivity index (χ1n) is 6.09. The molecular weight excluding hydrogens is 264 g/mol. The van der Waals surface area contributed by atoms with Crippen LogP contribution in [0.3, 0.4) is 0 Å². The molecule has 0 radical (unpaired) electrons. The largest absolute Gasteiger partial charge is 0.370 e. The molecule has 1 aliphatic heterocycles. The molecule has 4 unspecified atom stereocenters. The predicted molar refractivity (Wildman–Crippen MR) is 74.0 cm³/mol. The second kappa shape index (κ2) is 6.02. The molecule has 0 aromatic carbocycles. The van der Waals surface area contributed by atoms with Crippen LogP contribution in [0, 0.1) is 5.92 Å². The fraction of sp³-hybridized carbons (Fsp3) is 0.714. The number of halogens is 1. The fourth-order valence-electron chi connectivity index (χ4n) is 2.10. The van der Waals surface area contributed by atoms with E-state index in [0.717, 1.165) is 12.8 Å². The van der Waals surface area contributed by atoms with Crippen molar-refractivity contribution in [3.8, 4) is 0 Å². The topological polar surface area (TPSA) is 9.23 Å². The van der Waals surface area contributed by atoms with Crippen LogP contribution in [-0.4, -0.2) is 16.5 Å². The maximum absolute atomic E-state index is 6.26. The Morgan fingerprint density at radius 2 is 2.31 bits per heavy atom. The number of rotatable bonds is 4. The predicted octanol–water partition coefficient (Wildman–Crippen LogP) is 4.48. The van der Waals surface area contributed by atoms with Gasteiger partial charge in [-0.15, -0.1) is 0 Å². The van der Waals surface area contributed by atoms with Crippen molar-refractivity contribution in [2.45, 2.75) is 56.6 Å². The van der Waals surface area contributed by atoms with Gasteiger partial charge in [0.25, 0.3) is 0 Å². The van der Waals surface area contributed by atoms with E-state index in [0.29, 0.717) is 16.8 Å². The molecule has 16 heavy (non-hydrogen) atoms. The molecule has 0 aromatic rings. The molecule has 1 nitrogen and oxygen atoms in total. The maximum atomic E-state index is 6.26. The van der Waals surface area contributed by atoms with Crippen LogP contribution < -0.4 is 0 Å². The second-order valence-corrected chi connectivity index (χ2v) is 6.37. The molecule has 0 spiro atoms. The van der Waals surface area contributed by atoms with Crippen molar-refractivity contribution < 1.29 is 4.74 Å². The second-order valence-electron chi connectivity index (χ2n) is 5.00. The van der Waals surface area contributed by atoms with E-state index in [1.165, 1.54) is 6.42 Å². The molecule has 1 heterocycles. The minimum atomic E-state index is -0.0147. The molecule has 0 aliphatic carbocycles. The third-order valence-electron chi connectivity index (χ3n) is 3.63. The lowest BCUT2D eigenvalue weighted by Crippen LogP contribution is -2.46. The van der Waals surface area contributed by atoms with Crippen LogP contribution in [0.15, 0.2) is 24.8 Å². The third kappa shape index (κ3) is 3.46. The van der Waals surface area contributed by atoms with Crippen LogP contribution in [0.1, 0.15) is 40.0 Å². The van der Waals surface area contributed by atoms with Gasteiger partial charge in [0, 0.05) is 4.83 Å². The summed E-state index contributed by atoms with van der Waals surface area (Å²) in [5.41, 5.74) is -0.0147. The van der Waals surface area contributed by atoms with E-state index in [2.05, 4.69) is 49.4 Å². The van der Waals surface area contributed by atoms with Gasteiger partial charge in [-0.2, -0.15) is 0 Å². The average Bonchev–Trinajstić information content (AvgIpc) is 2.23. The van der Waals surface area contributed by atoms with E-state index < -0.39 is 0 Å². The first-order valence-corrected chi connectivity index (χ1v) is 7.00. The lowest BCUT2D eigenvalue weighted by molar-refractivity contribution is -0.136. The Morgan fingerprint density at radius 3 is 2.88 bits per heavy atom. The van der Waals surface area contributed by atoms with Gasteiger partial charge in [0.1, 0.15) is 0 Å². The molecule has 4 atom stereocenters. The van der Waals surface area contributed by atoms with E-state index in [-0.39, 0.29) is 5.60 Å².